The molecule has 1 atom stereocenters. The highest BCUT2D eigenvalue weighted by molar-refractivity contribution is 5.02. The number of nitrogens with one attached hydrogen (secondary N) is 2. The Morgan fingerprint density at radius 1 is 1.33 bits per heavy atom. The molecule has 1 aliphatic heterocycles. The summed E-state index contributed by atoms with van der Waals surface area (Å²) >= 11 is 0. The van der Waals surface area contributed by atoms with Crippen LogP contribution in [0.15, 0.2) is 12.5 Å². The monoisotopic (exact) mass is 165 g/mol. The molecule has 0 aromatic carbocycles. The van der Waals surface area contributed by atoms with E-state index in [4.69, 9.17) is 0 Å². The smallest absolute Gasteiger partial charge is 0.0922 e. The lowest BCUT2D eigenvalue weighted by molar-refractivity contribution is 0.524. The van der Waals surface area contributed by atoms with Crippen molar-refractivity contribution in [2.24, 2.45) is 0 Å². The Balaban J connectivity index is 2.02. The van der Waals surface area contributed by atoms with Crippen LogP contribution in [0.4, 0.5) is 0 Å². The van der Waals surface area contributed by atoms with Gasteiger partial charge in [-0.3, -0.25) is 0 Å². The van der Waals surface area contributed by atoms with E-state index in [-0.39, 0.29) is 0 Å². The Kier molecular flexibility index (Phi) is 2.42. The van der Waals surface area contributed by atoms with Crippen LogP contribution < -0.4 is 5.32 Å². The zero-order valence-electron chi connectivity index (χ0n) is 7.21. The number of hydrogen-bond donors (Lipinski definition) is 2. The number of aromatic nitrogens is 2. The van der Waals surface area contributed by atoms with E-state index in [1.54, 1.807) is 6.33 Å². The van der Waals surface area contributed by atoms with Crippen molar-refractivity contribution in [2.45, 2.75) is 31.7 Å². The van der Waals surface area contributed by atoms with Crippen LogP contribution in [0.5, 0.6) is 0 Å². The standard InChI is InChI=1S/C9H15N3/c1-2-4-8(11-5-3-1)9-6-10-7-12-9/h6-8,11H,1-5H2,(H,10,12). The fourth-order valence-electron chi connectivity index (χ4n) is 1.75. The highest BCUT2D eigenvalue weighted by atomic mass is 15.0. The third-order valence-electron chi connectivity index (χ3n) is 2.46. The summed E-state index contributed by atoms with van der Waals surface area (Å²) in [6.45, 7) is 1.14. The first-order chi connectivity index (χ1) is 5.97. The van der Waals surface area contributed by atoms with E-state index in [0.717, 1.165) is 6.54 Å². The molecule has 2 N–H and O–H groups in total. The molecule has 2 rings (SSSR count). The Bertz CT molecular complexity index is 210. The van der Waals surface area contributed by atoms with Crippen molar-refractivity contribution in [2.75, 3.05) is 6.54 Å². The summed E-state index contributed by atoms with van der Waals surface area (Å²) < 4.78 is 0. The van der Waals surface area contributed by atoms with Crippen LogP contribution in [-0.2, 0) is 0 Å². The van der Waals surface area contributed by atoms with Crippen LogP contribution in [0, 0.1) is 0 Å². The molecule has 1 aliphatic rings. The maximum absolute atomic E-state index is 4.03. The van der Waals surface area contributed by atoms with Gasteiger partial charge >= 0.3 is 0 Å². The lowest BCUT2D eigenvalue weighted by Crippen LogP contribution is -2.20. The van der Waals surface area contributed by atoms with Crippen molar-refractivity contribution in [3.05, 3.63) is 18.2 Å². The minimum Gasteiger partial charge on any atom is -0.347 e. The zero-order chi connectivity index (χ0) is 8.23. The highest BCUT2D eigenvalue weighted by Crippen LogP contribution is 2.19. The van der Waals surface area contributed by atoms with E-state index >= 15 is 0 Å². The Morgan fingerprint density at radius 3 is 3.17 bits per heavy atom. The highest BCUT2D eigenvalue weighted by Gasteiger charge is 2.13. The number of hydrogen-bond acceptors (Lipinski definition) is 2. The second-order valence-corrected chi connectivity index (χ2v) is 3.36. The van der Waals surface area contributed by atoms with E-state index in [2.05, 4.69) is 15.3 Å². The van der Waals surface area contributed by atoms with Gasteiger partial charge in [-0.15, -0.1) is 0 Å². The van der Waals surface area contributed by atoms with Crippen LogP contribution in [0.25, 0.3) is 0 Å². The molecule has 2 heterocycles. The van der Waals surface area contributed by atoms with E-state index in [9.17, 15) is 0 Å². The van der Waals surface area contributed by atoms with Crippen molar-refractivity contribution in [3.63, 3.8) is 0 Å². The molecule has 0 aliphatic carbocycles. The van der Waals surface area contributed by atoms with Crippen LogP contribution in [-0.4, -0.2) is 16.5 Å². The van der Waals surface area contributed by atoms with Crippen molar-refractivity contribution in [1.82, 2.24) is 15.3 Å². The maximum atomic E-state index is 4.03. The first-order valence-corrected chi connectivity index (χ1v) is 4.68. The SMILES string of the molecule is c1ncc(C2CCCCCN2)[nH]1. The summed E-state index contributed by atoms with van der Waals surface area (Å²) in [7, 11) is 0. The average Bonchev–Trinajstić information content (AvgIpc) is 2.48. The molecule has 1 saturated heterocycles. The van der Waals surface area contributed by atoms with Gasteiger partial charge in [0.05, 0.1) is 12.0 Å². The Labute approximate surface area is 72.6 Å². The van der Waals surface area contributed by atoms with E-state index in [1.807, 2.05) is 6.20 Å². The van der Waals surface area contributed by atoms with Gasteiger partial charge < -0.3 is 10.3 Å². The van der Waals surface area contributed by atoms with Gasteiger partial charge in [0, 0.05) is 12.2 Å². The van der Waals surface area contributed by atoms with E-state index in [0.29, 0.717) is 6.04 Å². The average molecular weight is 165 g/mol. The lowest BCUT2D eigenvalue weighted by Gasteiger charge is -2.12. The zero-order valence-corrected chi connectivity index (χ0v) is 7.21. The van der Waals surface area contributed by atoms with Crippen molar-refractivity contribution < 1.29 is 0 Å². The number of H-pyrrole nitrogens is 1. The first kappa shape index (κ1) is 7.80. The molecule has 0 spiro atoms. The molecule has 66 valence electrons. The van der Waals surface area contributed by atoms with Gasteiger partial charge in [0.1, 0.15) is 0 Å². The van der Waals surface area contributed by atoms with Crippen LogP contribution in [0.1, 0.15) is 37.4 Å². The molecule has 12 heavy (non-hydrogen) atoms. The topological polar surface area (TPSA) is 40.7 Å². The molecule has 1 unspecified atom stereocenters. The van der Waals surface area contributed by atoms with Gasteiger partial charge in [-0.05, 0) is 19.4 Å². The van der Waals surface area contributed by atoms with Gasteiger partial charge in [-0.2, -0.15) is 0 Å². The second kappa shape index (κ2) is 3.72. The van der Waals surface area contributed by atoms with Crippen molar-refractivity contribution in [1.29, 1.82) is 0 Å². The molecule has 0 amide bonds. The summed E-state index contributed by atoms with van der Waals surface area (Å²) in [5.74, 6) is 0. The molecule has 0 radical (unpaired) electrons. The minimum atomic E-state index is 0.509. The van der Waals surface area contributed by atoms with Crippen molar-refractivity contribution >= 4 is 0 Å². The van der Waals surface area contributed by atoms with Gasteiger partial charge in [0.15, 0.2) is 0 Å². The third-order valence-corrected chi connectivity index (χ3v) is 2.46. The van der Waals surface area contributed by atoms with Crippen LogP contribution >= 0.6 is 0 Å². The maximum Gasteiger partial charge on any atom is 0.0922 e. The van der Waals surface area contributed by atoms with E-state index in [1.165, 1.54) is 31.4 Å². The lowest BCUT2D eigenvalue weighted by atomic mass is 10.1. The van der Waals surface area contributed by atoms with Gasteiger partial charge in [-0.1, -0.05) is 12.8 Å². The first-order valence-electron chi connectivity index (χ1n) is 4.68. The molecule has 3 nitrogen and oxygen atoms in total. The fourth-order valence-corrected chi connectivity index (χ4v) is 1.75. The van der Waals surface area contributed by atoms with Gasteiger partial charge in [0.2, 0.25) is 0 Å². The molecule has 1 aromatic heterocycles. The number of aromatic amines is 1. The van der Waals surface area contributed by atoms with Crippen LogP contribution in [0.2, 0.25) is 0 Å². The van der Waals surface area contributed by atoms with Crippen LogP contribution in [0.3, 0.4) is 0 Å². The Hall–Kier alpha value is -0.830. The molecule has 0 bridgehead atoms. The fraction of sp³-hybridized carbons (Fsp3) is 0.667. The predicted molar refractivity (Wildman–Crippen MR) is 47.8 cm³/mol. The summed E-state index contributed by atoms with van der Waals surface area (Å²) in [6.07, 6.45) is 8.91. The molecule has 3 heteroatoms. The predicted octanol–water partition coefficient (Wildman–Crippen LogP) is 1.61. The van der Waals surface area contributed by atoms with Crippen molar-refractivity contribution in [3.8, 4) is 0 Å². The molecular formula is C9H15N3. The van der Waals surface area contributed by atoms with Gasteiger partial charge in [-0.25, -0.2) is 4.98 Å². The summed E-state index contributed by atoms with van der Waals surface area (Å²) in [6, 6.07) is 0.509. The van der Waals surface area contributed by atoms with Gasteiger partial charge in [0.25, 0.3) is 0 Å². The third kappa shape index (κ3) is 1.67. The summed E-state index contributed by atoms with van der Waals surface area (Å²) in [5, 5.41) is 3.51. The normalized spacial score (nSPS) is 25.2. The Morgan fingerprint density at radius 2 is 2.33 bits per heavy atom. The molecule has 0 saturated carbocycles. The largest absolute Gasteiger partial charge is 0.347 e. The second-order valence-electron chi connectivity index (χ2n) is 3.36. The summed E-state index contributed by atoms with van der Waals surface area (Å²) in [4.78, 5) is 7.19. The summed E-state index contributed by atoms with van der Waals surface area (Å²) in [5.41, 5.74) is 1.23. The molecule has 1 fully saturated rings. The van der Waals surface area contributed by atoms with E-state index < -0.39 is 0 Å². The minimum absolute atomic E-state index is 0.509. The molecule has 1 aromatic rings. The molecular weight excluding hydrogens is 150 g/mol. The number of rotatable bonds is 1. The number of imidazole rings is 1. The quantitative estimate of drug-likeness (QED) is 0.663. The number of nitrogens with zero attached hydrogens (tertiary/aromatic N) is 1.